The maximum Gasteiger partial charge on any atom is 0.257 e. The molecule has 3 N–H and O–H groups in total. The van der Waals surface area contributed by atoms with Crippen molar-refractivity contribution in [3.05, 3.63) is 119 Å². The van der Waals surface area contributed by atoms with Crippen molar-refractivity contribution in [2.24, 2.45) is 0 Å². The molecule has 0 radical (unpaired) electrons. The summed E-state index contributed by atoms with van der Waals surface area (Å²) in [6.45, 7) is 20.3. The lowest BCUT2D eigenvalue weighted by Gasteiger charge is -2.30. The van der Waals surface area contributed by atoms with Crippen LogP contribution < -0.4 is 34.9 Å². The Kier molecular flexibility index (Phi) is 29.2. The van der Waals surface area contributed by atoms with Gasteiger partial charge in [0.15, 0.2) is 19.8 Å². The SMILES string of the molecule is CCC(C)c1ccc(OC2CCCCC2OC)cc1.CCC(C)c1ccc(OCC(=O)NC)cc1.CCC(C)c1ccc(OCC(=O)NC)cc1.CCNC(=O)COc1ccc(C(C)CC)cc1. The Bertz CT molecular complexity index is 1890. The van der Waals surface area contributed by atoms with E-state index in [-0.39, 0.29) is 49.8 Å². The Morgan fingerprint density at radius 3 is 1.04 bits per heavy atom. The van der Waals surface area contributed by atoms with Gasteiger partial charge in [-0.15, -0.1) is 0 Å². The van der Waals surface area contributed by atoms with Gasteiger partial charge in [-0.05, 0) is 146 Å². The van der Waals surface area contributed by atoms with Gasteiger partial charge >= 0.3 is 0 Å². The highest BCUT2D eigenvalue weighted by Crippen LogP contribution is 2.28. The monoisotopic (exact) mass is 940 g/mol. The van der Waals surface area contributed by atoms with Crippen LogP contribution in [0.15, 0.2) is 97.1 Å². The molecule has 6 atom stereocenters. The first-order chi connectivity index (χ1) is 32.7. The molecule has 68 heavy (non-hydrogen) atoms. The van der Waals surface area contributed by atoms with Crippen LogP contribution in [0.2, 0.25) is 0 Å². The van der Waals surface area contributed by atoms with Gasteiger partial charge in [0, 0.05) is 27.7 Å². The largest absolute Gasteiger partial charge is 0.488 e. The number of hydrogen-bond acceptors (Lipinski definition) is 8. The molecule has 4 aromatic rings. The summed E-state index contributed by atoms with van der Waals surface area (Å²) in [6.07, 6.45) is 9.74. The average Bonchev–Trinajstić information content (AvgIpc) is 3.39. The third kappa shape index (κ3) is 22.5. The van der Waals surface area contributed by atoms with Crippen LogP contribution in [0.25, 0.3) is 0 Å². The summed E-state index contributed by atoms with van der Waals surface area (Å²) in [5.41, 5.74) is 5.30. The molecule has 11 nitrogen and oxygen atoms in total. The first-order valence-electron chi connectivity index (χ1n) is 24.9. The number of benzene rings is 4. The van der Waals surface area contributed by atoms with Gasteiger partial charge in [0.2, 0.25) is 0 Å². The van der Waals surface area contributed by atoms with Gasteiger partial charge in [-0.25, -0.2) is 0 Å². The van der Waals surface area contributed by atoms with Crippen LogP contribution in [0.4, 0.5) is 0 Å². The van der Waals surface area contributed by atoms with Crippen molar-refractivity contribution >= 4 is 17.7 Å². The van der Waals surface area contributed by atoms with E-state index in [1.54, 1.807) is 21.2 Å². The summed E-state index contributed by atoms with van der Waals surface area (Å²) in [4.78, 5) is 33.1. The van der Waals surface area contributed by atoms with Crippen molar-refractivity contribution in [2.45, 2.75) is 150 Å². The summed E-state index contributed by atoms with van der Waals surface area (Å²) >= 11 is 0. The predicted molar refractivity (Wildman–Crippen MR) is 278 cm³/mol. The smallest absolute Gasteiger partial charge is 0.257 e. The number of carbonyl (C=O) groups is 3. The molecule has 0 bridgehead atoms. The number of methoxy groups -OCH3 is 1. The van der Waals surface area contributed by atoms with E-state index in [4.69, 9.17) is 23.7 Å². The average molecular weight is 940 g/mol. The van der Waals surface area contributed by atoms with Gasteiger partial charge in [0.1, 0.15) is 29.1 Å². The Balaban J connectivity index is 0.000000312. The molecule has 0 aliphatic heterocycles. The Labute approximate surface area is 409 Å². The van der Waals surface area contributed by atoms with Gasteiger partial charge in [-0.2, -0.15) is 0 Å². The van der Waals surface area contributed by atoms with Crippen molar-refractivity contribution in [3.8, 4) is 23.0 Å². The number of carbonyl (C=O) groups excluding carboxylic acids is 3. The highest BCUT2D eigenvalue weighted by molar-refractivity contribution is 5.78. The van der Waals surface area contributed by atoms with E-state index in [9.17, 15) is 14.4 Å². The van der Waals surface area contributed by atoms with E-state index in [1.807, 2.05) is 67.6 Å². The van der Waals surface area contributed by atoms with Crippen LogP contribution in [0.5, 0.6) is 23.0 Å². The molecule has 1 aliphatic carbocycles. The van der Waals surface area contributed by atoms with Crippen molar-refractivity contribution in [2.75, 3.05) is 47.6 Å². The lowest BCUT2D eigenvalue weighted by atomic mass is 9.94. The quantitative estimate of drug-likeness (QED) is 0.0752. The van der Waals surface area contributed by atoms with E-state index < -0.39 is 0 Å². The third-order valence-electron chi connectivity index (χ3n) is 12.5. The highest BCUT2D eigenvalue weighted by atomic mass is 16.5. The minimum Gasteiger partial charge on any atom is -0.488 e. The molecular formula is C57H85N3O8. The first kappa shape index (κ1) is 58.6. The molecule has 0 heterocycles. The third-order valence-corrected chi connectivity index (χ3v) is 12.5. The maximum absolute atomic E-state index is 11.2. The van der Waals surface area contributed by atoms with Crippen LogP contribution in [0.3, 0.4) is 0 Å². The molecule has 1 fully saturated rings. The summed E-state index contributed by atoms with van der Waals surface area (Å²) in [5.74, 6) is 5.16. The van der Waals surface area contributed by atoms with Crippen LogP contribution in [-0.4, -0.2) is 77.5 Å². The normalized spacial score (nSPS) is 15.6. The van der Waals surface area contributed by atoms with Crippen LogP contribution >= 0.6 is 0 Å². The number of ether oxygens (including phenoxy) is 5. The van der Waals surface area contributed by atoms with Crippen LogP contribution in [0, 0.1) is 0 Å². The lowest BCUT2D eigenvalue weighted by Crippen LogP contribution is -2.36. The molecular weight excluding hydrogens is 855 g/mol. The molecule has 4 aromatic carbocycles. The van der Waals surface area contributed by atoms with Gasteiger partial charge in [0.05, 0.1) is 6.10 Å². The van der Waals surface area contributed by atoms with E-state index >= 15 is 0 Å². The molecule has 1 saturated carbocycles. The predicted octanol–water partition coefficient (Wildman–Crippen LogP) is 11.9. The first-order valence-corrected chi connectivity index (χ1v) is 24.9. The zero-order chi connectivity index (χ0) is 50.3. The number of nitrogens with one attached hydrogen (secondary N) is 3. The van der Waals surface area contributed by atoms with Gasteiger partial charge in [-0.1, -0.05) is 110 Å². The number of likely N-dealkylation sites (N-methyl/N-ethyl adjacent to an activating group) is 3. The van der Waals surface area contributed by atoms with Crippen LogP contribution in [0.1, 0.15) is 160 Å². The molecule has 3 amide bonds. The van der Waals surface area contributed by atoms with Crippen molar-refractivity contribution in [1.29, 1.82) is 0 Å². The second kappa shape index (κ2) is 33.8. The Hall–Kier alpha value is -5.55. The maximum atomic E-state index is 11.2. The zero-order valence-corrected chi connectivity index (χ0v) is 43.5. The summed E-state index contributed by atoms with van der Waals surface area (Å²) < 4.78 is 27.6. The van der Waals surface area contributed by atoms with Gasteiger partial charge < -0.3 is 39.6 Å². The number of rotatable bonds is 21. The topological polar surface area (TPSA) is 133 Å². The van der Waals surface area contributed by atoms with E-state index in [0.29, 0.717) is 30.2 Å². The fraction of sp³-hybridized carbons (Fsp3) is 0.526. The van der Waals surface area contributed by atoms with Gasteiger partial charge in [0.25, 0.3) is 17.7 Å². The summed E-state index contributed by atoms with van der Waals surface area (Å²) in [7, 11) is 4.98. The Morgan fingerprint density at radius 2 is 0.765 bits per heavy atom. The minimum absolute atomic E-state index is 0.0686. The minimum atomic E-state index is -0.119. The van der Waals surface area contributed by atoms with E-state index in [2.05, 4.69) is 108 Å². The van der Waals surface area contributed by atoms with E-state index in [1.165, 1.54) is 41.5 Å². The lowest BCUT2D eigenvalue weighted by molar-refractivity contribution is -0.123. The van der Waals surface area contributed by atoms with Crippen molar-refractivity contribution < 1.29 is 38.1 Å². The van der Waals surface area contributed by atoms with Crippen LogP contribution in [-0.2, 0) is 19.1 Å². The number of hydrogen-bond donors (Lipinski definition) is 3. The zero-order valence-electron chi connectivity index (χ0n) is 43.5. The highest BCUT2D eigenvalue weighted by Gasteiger charge is 2.26. The summed E-state index contributed by atoms with van der Waals surface area (Å²) in [6, 6.07) is 32.4. The second-order valence-corrected chi connectivity index (χ2v) is 17.4. The van der Waals surface area contributed by atoms with Crippen molar-refractivity contribution in [1.82, 2.24) is 16.0 Å². The molecule has 1 aliphatic rings. The molecule has 0 saturated heterocycles. The Morgan fingerprint density at radius 1 is 0.471 bits per heavy atom. The fourth-order valence-electron chi connectivity index (χ4n) is 6.98. The van der Waals surface area contributed by atoms with E-state index in [0.717, 1.165) is 55.1 Å². The molecule has 376 valence electrons. The molecule has 0 spiro atoms. The molecule has 6 unspecified atom stereocenters. The molecule has 0 aromatic heterocycles. The standard InChI is InChI=1S/C17H26O2.C14H21NO2.2C13H19NO2/c1-4-13(2)14-9-11-15(12-10-14)19-17-8-6-5-7-16(17)18-3;1-4-11(3)12-6-8-13(9-7-12)17-10-14(16)15-5-2;2*1-4-10(2)11-5-7-12(8-6-11)16-9-13(15)14-3/h9-13,16-17H,4-8H2,1-3H3;6-9,11H,4-5,10H2,1-3H3,(H,15,16);2*5-8,10H,4,9H2,1-3H3,(H,14,15). The van der Waals surface area contributed by atoms with Crippen molar-refractivity contribution in [3.63, 3.8) is 0 Å². The summed E-state index contributed by atoms with van der Waals surface area (Å²) in [5, 5.41) is 7.71. The second-order valence-electron chi connectivity index (χ2n) is 17.4. The van der Waals surface area contributed by atoms with Gasteiger partial charge in [-0.3, -0.25) is 14.4 Å². The number of amides is 3. The molecule has 5 rings (SSSR count). The fourth-order valence-corrected chi connectivity index (χ4v) is 6.98. The molecule has 11 heteroatoms.